The number of hydrogen-bond donors (Lipinski definition) is 1. The Labute approximate surface area is 182 Å². The smallest absolute Gasteiger partial charge is 0.417 e. The van der Waals surface area contributed by atoms with Crippen LogP contribution < -0.4 is 14.8 Å². The first kappa shape index (κ1) is 21.6. The summed E-state index contributed by atoms with van der Waals surface area (Å²) >= 11 is 0. The van der Waals surface area contributed by atoms with Gasteiger partial charge in [-0.25, -0.2) is 0 Å². The molecule has 32 heavy (non-hydrogen) atoms. The number of methoxy groups -OCH3 is 1. The minimum Gasteiger partial charge on any atom is -0.487 e. The van der Waals surface area contributed by atoms with E-state index >= 15 is 0 Å². The zero-order valence-electron chi connectivity index (χ0n) is 17.4. The van der Waals surface area contributed by atoms with E-state index in [-0.39, 0.29) is 6.54 Å². The Balaban J connectivity index is 1.50. The lowest BCUT2D eigenvalue weighted by Crippen LogP contribution is -2.35. The maximum Gasteiger partial charge on any atom is 0.417 e. The number of aryl methyl sites for hydroxylation is 1. The van der Waals surface area contributed by atoms with Crippen LogP contribution in [-0.4, -0.2) is 35.9 Å². The van der Waals surface area contributed by atoms with Crippen LogP contribution >= 0.6 is 0 Å². The topological polar surface area (TPSA) is 73.3 Å². The first-order valence-electron chi connectivity index (χ1n) is 9.89. The number of halogens is 3. The molecule has 0 fully saturated rings. The van der Waals surface area contributed by atoms with E-state index in [0.717, 1.165) is 28.8 Å². The molecule has 0 unspecified atom stereocenters. The van der Waals surface area contributed by atoms with Gasteiger partial charge in [-0.15, -0.1) is 10.2 Å². The molecule has 9 heteroatoms. The second-order valence-corrected chi connectivity index (χ2v) is 7.46. The summed E-state index contributed by atoms with van der Waals surface area (Å²) in [6.45, 7) is 2.01. The average Bonchev–Trinajstić information content (AvgIpc) is 3.19. The van der Waals surface area contributed by atoms with Crippen molar-refractivity contribution in [3.8, 4) is 22.9 Å². The van der Waals surface area contributed by atoms with Crippen molar-refractivity contribution in [1.29, 1.82) is 0 Å². The van der Waals surface area contributed by atoms with E-state index in [0.29, 0.717) is 23.7 Å². The van der Waals surface area contributed by atoms with E-state index in [1.165, 1.54) is 19.2 Å². The molecule has 0 aliphatic carbocycles. The van der Waals surface area contributed by atoms with Crippen LogP contribution in [0.2, 0.25) is 0 Å². The number of alkyl halides is 3. The molecule has 1 amide bonds. The van der Waals surface area contributed by atoms with Crippen LogP contribution in [0.5, 0.6) is 11.6 Å². The van der Waals surface area contributed by atoms with Crippen molar-refractivity contribution in [2.75, 3.05) is 13.7 Å². The number of hydrogen-bond acceptors (Lipinski definition) is 5. The Hall–Kier alpha value is -3.62. The maximum atomic E-state index is 13.2. The molecule has 2 aromatic carbocycles. The third kappa shape index (κ3) is 4.37. The normalized spacial score (nSPS) is 15.1. The highest BCUT2D eigenvalue weighted by atomic mass is 19.4. The molecule has 1 aliphatic heterocycles. The summed E-state index contributed by atoms with van der Waals surface area (Å²) in [5.41, 5.74) is 1.92. The molecule has 0 radical (unpaired) electrons. The fraction of sp³-hybridized carbons (Fsp3) is 0.261. The van der Waals surface area contributed by atoms with Gasteiger partial charge in [-0.1, -0.05) is 18.2 Å². The predicted molar refractivity (Wildman–Crippen MR) is 111 cm³/mol. The van der Waals surface area contributed by atoms with Gasteiger partial charge < -0.3 is 14.8 Å². The monoisotopic (exact) mass is 443 g/mol. The van der Waals surface area contributed by atoms with Gasteiger partial charge in [0.15, 0.2) is 0 Å². The molecule has 2 heterocycles. The third-order valence-electron chi connectivity index (χ3n) is 5.13. The van der Waals surface area contributed by atoms with Crippen LogP contribution in [0.1, 0.15) is 27.0 Å². The van der Waals surface area contributed by atoms with Gasteiger partial charge in [0, 0.05) is 18.1 Å². The molecule has 0 bridgehead atoms. The summed E-state index contributed by atoms with van der Waals surface area (Å²) in [6, 6.07) is 12.1. The van der Waals surface area contributed by atoms with Gasteiger partial charge >= 0.3 is 6.18 Å². The zero-order chi connectivity index (χ0) is 22.9. The number of carbonyl (C=O) groups excluding carboxylic acids is 1. The van der Waals surface area contributed by atoms with Crippen LogP contribution in [0.3, 0.4) is 0 Å². The molecule has 1 N–H and O–H groups in total. The highest BCUT2D eigenvalue weighted by Gasteiger charge is 2.35. The van der Waals surface area contributed by atoms with E-state index in [9.17, 15) is 18.0 Å². The summed E-state index contributed by atoms with van der Waals surface area (Å²) < 4.78 is 50.7. The molecule has 1 aromatic heterocycles. The Bertz CT molecular complexity index is 1150. The van der Waals surface area contributed by atoms with Crippen molar-refractivity contribution >= 4 is 5.91 Å². The lowest BCUT2D eigenvalue weighted by Gasteiger charge is -2.15. The number of ether oxygens (including phenoxy) is 2. The quantitative estimate of drug-likeness (QED) is 0.640. The van der Waals surface area contributed by atoms with E-state index in [4.69, 9.17) is 9.47 Å². The van der Waals surface area contributed by atoms with Gasteiger partial charge in [-0.2, -0.15) is 13.2 Å². The molecular formula is C23H20F3N3O3. The maximum absolute atomic E-state index is 13.2. The summed E-state index contributed by atoms with van der Waals surface area (Å²) in [4.78, 5) is 12.4. The molecule has 1 aliphatic rings. The minimum atomic E-state index is -4.61. The van der Waals surface area contributed by atoms with E-state index in [2.05, 4.69) is 15.5 Å². The molecule has 0 saturated carbocycles. The van der Waals surface area contributed by atoms with Crippen molar-refractivity contribution in [3.63, 3.8) is 0 Å². The number of nitrogens with zero attached hydrogens (tertiary/aromatic N) is 2. The number of aromatic nitrogens is 2. The van der Waals surface area contributed by atoms with Gasteiger partial charge in [-0.3, -0.25) is 4.79 Å². The molecular weight excluding hydrogens is 423 g/mol. The van der Waals surface area contributed by atoms with E-state index in [1.807, 2.05) is 19.1 Å². The molecule has 0 saturated heterocycles. The minimum absolute atomic E-state index is 0.0620. The number of amides is 1. The summed E-state index contributed by atoms with van der Waals surface area (Å²) in [7, 11) is 1.50. The lowest BCUT2D eigenvalue weighted by molar-refractivity contribution is -0.137. The number of benzene rings is 2. The standard InChI is InChI=1S/C23H20F3N3O3/c1-13-9-14-11-15(12-27-22(30)16-5-3-4-6-18(16)23(24,25)26)32-21(14)17(10-13)19-7-8-20(31-2)29-28-19/h3-10,15H,11-12H2,1-2H3,(H,27,30)/t15-/m0/s1. The van der Waals surface area contributed by atoms with Gasteiger partial charge in [0.2, 0.25) is 5.88 Å². The third-order valence-corrected chi connectivity index (χ3v) is 5.13. The Kier molecular flexibility index (Phi) is 5.73. The van der Waals surface area contributed by atoms with Crippen molar-refractivity contribution in [2.24, 2.45) is 0 Å². The first-order valence-corrected chi connectivity index (χ1v) is 9.89. The van der Waals surface area contributed by atoms with Gasteiger partial charge in [-0.05, 0) is 42.3 Å². The number of rotatable bonds is 5. The van der Waals surface area contributed by atoms with Gasteiger partial charge in [0.05, 0.1) is 30.5 Å². The van der Waals surface area contributed by atoms with Gasteiger partial charge in [0.1, 0.15) is 11.9 Å². The molecule has 4 rings (SSSR count). The van der Waals surface area contributed by atoms with Crippen LogP contribution in [0, 0.1) is 6.92 Å². The van der Waals surface area contributed by atoms with Crippen LogP contribution in [0.15, 0.2) is 48.5 Å². The SMILES string of the molecule is COc1ccc(-c2cc(C)cc3c2O[C@H](CNC(=O)c2ccccc2C(F)(F)F)C3)nn1. The molecule has 166 valence electrons. The molecule has 1 atom stereocenters. The Morgan fingerprint density at radius 2 is 1.97 bits per heavy atom. The van der Waals surface area contributed by atoms with Crippen LogP contribution in [-0.2, 0) is 12.6 Å². The van der Waals surface area contributed by atoms with E-state index < -0.39 is 29.3 Å². The van der Waals surface area contributed by atoms with Crippen molar-refractivity contribution in [2.45, 2.75) is 25.6 Å². The number of nitrogens with one attached hydrogen (secondary N) is 1. The summed E-state index contributed by atoms with van der Waals surface area (Å²) in [5, 5.41) is 10.7. The summed E-state index contributed by atoms with van der Waals surface area (Å²) in [5.74, 6) is 0.221. The number of fused-ring (bicyclic) bond motifs is 1. The first-order chi connectivity index (χ1) is 15.3. The second kappa shape index (κ2) is 8.49. The van der Waals surface area contributed by atoms with Crippen molar-refractivity contribution in [3.05, 3.63) is 70.8 Å². The lowest BCUT2D eigenvalue weighted by atomic mass is 10.0. The van der Waals surface area contributed by atoms with Crippen LogP contribution in [0.4, 0.5) is 13.2 Å². The highest BCUT2D eigenvalue weighted by molar-refractivity contribution is 5.95. The van der Waals surface area contributed by atoms with Crippen molar-refractivity contribution < 1.29 is 27.4 Å². The highest BCUT2D eigenvalue weighted by Crippen LogP contribution is 2.39. The zero-order valence-corrected chi connectivity index (χ0v) is 17.4. The Morgan fingerprint density at radius 1 is 1.19 bits per heavy atom. The summed E-state index contributed by atoms with van der Waals surface area (Å²) in [6.07, 6.45) is -4.52. The Morgan fingerprint density at radius 3 is 2.66 bits per heavy atom. The fourth-order valence-corrected chi connectivity index (χ4v) is 3.70. The molecule has 6 nitrogen and oxygen atoms in total. The van der Waals surface area contributed by atoms with Gasteiger partial charge in [0.25, 0.3) is 5.91 Å². The average molecular weight is 443 g/mol. The molecule has 3 aromatic rings. The largest absolute Gasteiger partial charge is 0.487 e. The van der Waals surface area contributed by atoms with E-state index in [1.54, 1.807) is 12.1 Å². The number of carbonyl (C=O) groups is 1. The second-order valence-electron chi connectivity index (χ2n) is 7.46. The fourth-order valence-electron chi connectivity index (χ4n) is 3.70. The predicted octanol–water partition coefficient (Wildman–Crippen LogP) is 4.21. The van der Waals surface area contributed by atoms with Crippen LogP contribution in [0.25, 0.3) is 11.3 Å². The molecule has 0 spiro atoms. The van der Waals surface area contributed by atoms with Crippen molar-refractivity contribution in [1.82, 2.24) is 15.5 Å².